The first-order chi connectivity index (χ1) is 30.0. The number of hydrogen-bond donors (Lipinski definition) is 2. The topological polar surface area (TPSA) is 119 Å². The summed E-state index contributed by atoms with van der Waals surface area (Å²) in [7, 11) is 0. The van der Waals surface area contributed by atoms with Crippen LogP contribution >= 0.6 is 23.2 Å². The third-order valence-electron chi connectivity index (χ3n) is 15.2. The smallest absolute Gasteiger partial charge is 0.309 e. The zero-order valence-corrected chi connectivity index (χ0v) is 36.8. The molecule has 2 aromatic carbocycles. The van der Waals surface area contributed by atoms with Gasteiger partial charge in [-0.3, -0.25) is 19.6 Å². The maximum atomic E-state index is 12.5. The summed E-state index contributed by atoms with van der Waals surface area (Å²) in [5.41, 5.74) is 5.79. The Balaban J connectivity index is 0.000000158. The van der Waals surface area contributed by atoms with Crippen LogP contribution < -0.4 is 0 Å². The third-order valence-corrected chi connectivity index (χ3v) is 15.8. The van der Waals surface area contributed by atoms with Gasteiger partial charge in [-0.25, -0.2) is 0 Å². The Kier molecular flexibility index (Phi) is 12.7. The standard InChI is InChI=1S/2C26H28ClNO3/c1-15-25-21(20-6-3-7-24(29)22(20)13-23(25)26(30)31-15)11-10-19-9-8-17(14-28-19)16-4-2-5-18(27)12-16;1-15-25-20(19-6-4-8-24(29)21(19)13-22(25)26(30)31-15)12-11-17-10-9-16(14-28-17)18-5-2-3-7-23(18)27/h2,4-5,8-12,14-15,20-25,29H,3,6-7,13H2,1H3;2-3,5,7,9-12,14-15,19-22,24-25,29H,4,6,8,13H2,1H3/b11-10+;12-11+/t15-,20+,21+,22+,23-,24+,25+;15-,19+,20+,21+,22-,24+,25+/m11/s1. The number of aliphatic hydroxyl groups is 2. The van der Waals surface area contributed by atoms with Crippen molar-refractivity contribution in [2.24, 2.45) is 59.2 Å². The molecule has 14 atom stereocenters. The average molecular weight is 876 g/mol. The Morgan fingerprint density at radius 1 is 0.613 bits per heavy atom. The second-order valence-electron chi connectivity index (χ2n) is 18.6. The molecule has 2 N–H and O–H groups in total. The fourth-order valence-electron chi connectivity index (χ4n) is 12.3. The van der Waals surface area contributed by atoms with Gasteiger partial charge in [0.05, 0.1) is 35.4 Å². The predicted molar refractivity (Wildman–Crippen MR) is 242 cm³/mol. The summed E-state index contributed by atoms with van der Waals surface area (Å²) >= 11 is 12.4. The summed E-state index contributed by atoms with van der Waals surface area (Å²) in [6, 6.07) is 23.6. The molecule has 8 nitrogen and oxygen atoms in total. The first-order valence-corrected chi connectivity index (χ1v) is 23.4. The fraction of sp³-hybridized carbons (Fsp3) is 0.462. The number of nitrogens with zero attached hydrogens (tertiary/aromatic N) is 2. The van der Waals surface area contributed by atoms with Crippen molar-refractivity contribution in [3.8, 4) is 22.3 Å². The van der Waals surface area contributed by atoms with E-state index in [9.17, 15) is 19.8 Å². The first-order valence-electron chi connectivity index (χ1n) is 22.6. The van der Waals surface area contributed by atoms with Crippen molar-refractivity contribution in [3.63, 3.8) is 0 Å². The minimum absolute atomic E-state index is 0.0784. The minimum Gasteiger partial charge on any atom is -0.462 e. The van der Waals surface area contributed by atoms with Crippen LogP contribution in [0.25, 0.3) is 34.4 Å². The van der Waals surface area contributed by atoms with E-state index in [1.54, 1.807) is 0 Å². The van der Waals surface area contributed by atoms with Crippen molar-refractivity contribution in [1.29, 1.82) is 0 Å². The van der Waals surface area contributed by atoms with Gasteiger partial charge in [-0.1, -0.05) is 90.7 Å². The Morgan fingerprint density at radius 3 is 1.65 bits per heavy atom. The molecule has 4 heterocycles. The van der Waals surface area contributed by atoms with Crippen LogP contribution in [0, 0.1) is 59.2 Å². The fourth-order valence-corrected chi connectivity index (χ4v) is 12.8. The van der Waals surface area contributed by atoms with Crippen molar-refractivity contribution >= 4 is 47.3 Å². The third kappa shape index (κ3) is 8.65. The van der Waals surface area contributed by atoms with Gasteiger partial charge in [-0.05, 0) is 136 Å². The lowest BCUT2D eigenvalue weighted by Crippen LogP contribution is -2.47. The zero-order valence-electron chi connectivity index (χ0n) is 35.3. The number of aromatic nitrogens is 2. The van der Waals surface area contributed by atoms with Crippen molar-refractivity contribution in [2.75, 3.05) is 0 Å². The Morgan fingerprint density at radius 2 is 1.15 bits per heavy atom. The highest BCUT2D eigenvalue weighted by Gasteiger charge is 2.56. The average Bonchev–Trinajstić information content (AvgIpc) is 3.73. The monoisotopic (exact) mass is 874 g/mol. The number of hydrogen-bond acceptors (Lipinski definition) is 8. The number of cyclic esters (lactones) is 2. The quantitative estimate of drug-likeness (QED) is 0.184. The molecule has 0 radical (unpaired) electrons. The molecule has 4 aliphatic carbocycles. The number of halogens is 2. The summed E-state index contributed by atoms with van der Waals surface area (Å²) in [6.07, 6.45) is 19.0. The van der Waals surface area contributed by atoms with E-state index in [1.807, 2.05) is 93.0 Å². The molecule has 2 saturated heterocycles. The number of fused-ring (bicyclic) bond motifs is 4. The van der Waals surface area contributed by atoms with Crippen LogP contribution in [0.2, 0.25) is 10.0 Å². The van der Waals surface area contributed by atoms with Gasteiger partial charge >= 0.3 is 11.9 Å². The lowest BCUT2D eigenvalue weighted by Gasteiger charge is -2.47. The number of rotatable bonds is 6. The number of allylic oxidation sites excluding steroid dienone is 2. The molecule has 0 spiro atoms. The van der Waals surface area contributed by atoms with Gasteiger partial charge in [0.1, 0.15) is 12.2 Å². The molecule has 4 saturated carbocycles. The van der Waals surface area contributed by atoms with E-state index in [1.165, 1.54) is 0 Å². The molecule has 10 heteroatoms. The summed E-state index contributed by atoms with van der Waals surface area (Å²) in [5, 5.41) is 22.7. The van der Waals surface area contributed by atoms with Gasteiger partial charge in [0, 0.05) is 51.0 Å². The molecule has 0 bridgehead atoms. The lowest BCUT2D eigenvalue weighted by atomic mass is 9.56. The SMILES string of the molecule is C[C@H]1OC(=O)[C@@H]2C[C@H]3[C@@H](CCC[C@@H]3O)[C@H](/C=C/c3ccc(-c4cccc(Cl)c4)cn3)[C@H]12.C[C@H]1OC(=O)[C@@H]2C[C@H]3[C@@H](CCC[C@@H]3O)[C@H](/C=C/c3ccc(-c4ccccc4Cl)cn3)[C@H]12. The van der Waals surface area contributed by atoms with Crippen LogP contribution in [0.4, 0.5) is 0 Å². The number of carbonyl (C=O) groups is 2. The van der Waals surface area contributed by atoms with Crippen LogP contribution in [0.15, 0.2) is 97.3 Å². The molecule has 6 aliphatic rings. The largest absolute Gasteiger partial charge is 0.462 e. The normalized spacial score (nSPS) is 34.9. The second kappa shape index (κ2) is 18.4. The van der Waals surface area contributed by atoms with Crippen molar-refractivity contribution in [3.05, 3.63) is 119 Å². The minimum atomic E-state index is -0.313. The van der Waals surface area contributed by atoms with Gasteiger partial charge in [0.25, 0.3) is 0 Å². The van der Waals surface area contributed by atoms with Crippen LogP contribution in [0.5, 0.6) is 0 Å². The molecule has 4 aromatic rings. The zero-order chi connectivity index (χ0) is 43.1. The van der Waals surface area contributed by atoms with Crippen LogP contribution in [-0.2, 0) is 19.1 Å². The molecule has 6 fully saturated rings. The summed E-state index contributed by atoms with van der Waals surface area (Å²) in [5.74, 6) is 1.55. The maximum absolute atomic E-state index is 12.5. The van der Waals surface area contributed by atoms with Gasteiger partial charge in [-0.15, -0.1) is 0 Å². The molecule has 2 aromatic heterocycles. The number of aliphatic hydroxyl groups excluding tert-OH is 2. The van der Waals surface area contributed by atoms with Gasteiger partial charge in [-0.2, -0.15) is 0 Å². The maximum Gasteiger partial charge on any atom is 0.309 e. The second-order valence-corrected chi connectivity index (χ2v) is 19.4. The summed E-state index contributed by atoms with van der Waals surface area (Å²) in [6.45, 7) is 4.03. The Hall–Kier alpha value is -4.34. The number of benzene rings is 2. The lowest BCUT2D eigenvalue weighted by molar-refractivity contribution is -0.146. The molecular weight excluding hydrogens is 819 g/mol. The van der Waals surface area contributed by atoms with E-state index >= 15 is 0 Å². The van der Waals surface area contributed by atoms with E-state index in [-0.39, 0.29) is 83.7 Å². The van der Waals surface area contributed by atoms with E-state index in [0.29, 0.717) is 21.9 Å². The number of ether oxygens (including phenoxy) is 2. The molecule has 0 amide bonds. The highest BCUT2D eigenvalue weighted by atomic mass is 35.5. The highest BCUT2D eigenvalue weighted by Crippen LogP contribution is 2.55. The van der Waals surface area contributed by atoms with E-state index in [0.717, 1.165) is 85.0 Å². The number of carbonyl (C=O) groups excluding carboxylic acids is 2. The van der Waals surface area contributed by atoms with Crippen molar-refractivity contribution in [2.45, 2.75) is 89.6 Å². The van der Waals surface area contributed by atoms with E-state index < -0.39 is 0 Å². The molecule has 10 rings (SSSR count). The Labute approximate surface area is 374 Å². The molecule has 324 valence electrons. The number of esters is 2. The van der Waals surface area contributed by atoms with Crippen LogP contribution in [-0.4, -0.2) is 56.5 Å². The van der Waals surface area contributed by atoms with Crippen molar-refractivity contribution in [1.82, 2.24) is 9.97 Å². The van der Waals surface area contributed by atoms with Crippen LogP contribution in [0.1, 0.15) is 76.6 Å². The Bertz CT molecular complexity index is 2300. The summed E-state index contributed by atoms with van der Waals surface area (Å²) < 4.78 is 11.3. The van der Waals surface area contributed by atoms with Gasteiger partial charge in [0.15, 0.2) is 0 Å². The summed E-state index contributed by atoms with van der Waals surface area (Å²) in [4.78, 5) is 34.2. The van der Waals surface area contributed by atoms with Crippen molar-refractivity contribution < 1.29 is 29.3 Å². The molecule has 62 heavy (non-hydrogen) atoms. The van der Waals surface area contributed by atoms with Crippen LogP contribution in [0.3, 0.4) is 0 Å². The highest BCUT2D eigenvalue weighted by molar-refractivity contribution is 6.33. The predicted octanol–water partition coefficient (Wildman–Crippen LogP) is 10.8. The molecule has 2 aliphatic heterocycles. The van der Waals surface area contributed by atoms with E-state index in [4.69, 9.17) is 32.7 Å². The van der Waals surface area contributed by atoms with Gasteiger partial charge in [0.2, 0.25) is 0 Å². The molecular formula is C52H56Cl2N2O6. The number of pyridine rings is 2. The first kappa shape index (κ1) is 42.9. The van der Waals surface area contributed by atoms with Gasteiger partial charge < -0.3 is 19.7 Å². The molecule has 0 unspecified atom stereocenters. The van der Waals surface area contributed by atoms with E-state index in [2.05, 4.69) is 40.3 Å².